The first kappa shape index (κ1) is 9.93. The van der Waals surface area contributed by atoms with E-state index in [1.807, 2.05) is 0 Å². The number of hydrogen-bond acceptors (Lipinski definition) is 2. The molecule has 0 aliphatic rings. The van der Waals surface area contributed by atoms with Crippen LogP contribution in [0.3, 0.4) is 0 Å². The third kappa shape index (κ3) is 1.62. The molecule has 2 aromatic rings. The molecule has 1 heterocycles. The van der Waals surface area contributed by atoms with Crippen LogP contribution in [0.1, 0.15) is 5.56 Å². The second-order valence-electron chi connectivity index (χ2n) is 2.46. The van der Waals surface area contributed by atoms with Crippen LogP contribution in [0.4, 0.5) is 0 Å². The predicted molar refractivity (Wildman–Crippen MR) is 51.7 cm³/mol. The molecule has 0 amide bonds. The van der Waals surface area contributed by atoms with Gasteiger partial charge in [0.25, 0.3) is 0 Å². The third-order valence-corrected chi connectivity index (χ3v) is 2.86. The Hall–Kier alpha value is -0.151. The van der Waals surface area contributed by atoms with E-state index in [1.165, 1.54) is 15.8 Å². The Labute approximate surface area is 90.3 Å². The van der Waals surface area contributed by atoms with E-state index in [1.54, 1.807) is 11.3 Å². The number of rotatable bonds is 0. The van der Waals surface area contributed by atoms with Crippen molar-refractivity contribution in [3.63, 3.8) is 0 Å². The molecule has 1 N–H and O–H groups in total. The Morgan fingerprint density at radius 3 is 2.83 bits per heavy atom. The Morgan fingerprint density at radius 2 is 2.17 bits per heavy atom. The summed E-state index contributed by atoms with van der Waals surface area (Å²) in [5, 5.41) is 0. The van der Waals surface area contributed by atoms with E-state index in [2.05, 4.69) is 30.1 Å². The smallest absolute Gasteiger partial charge is 0.159 e. The Bertz CT molecular complexity index is 443. The van der Waals surface area contributed by atoms with E-state index >= 15 is 0 Å². The monoisotopic (exact) mass is 244 g/mol. The van der Waals surface area contributed by atoms with Crippen molar-refractivity contribution in [1.82, 2.24) is 4.98 Å². The molecule has 0 unspecified atom stereocenters. The van der Waals surface area contributed by atoms with Gasteiger partial charge in [0.05, 0.1) is 10.2 Å². The van der Waals surface area contributed by atoms with Gasteiger partial charge >= 0.3 is 0 Å². The molecule has 0 spiro atoms. The fourth-order valence-corrected chi connectivity index (χ4v) is 2.30. The number of aryl methyl sites for hydroxylation is 1. The molecule has 0 aliphatic heterocycles. The number of fused-ring (bicyclic) bond motifs is 1. The van der Waals surface area contributed by atoms with Gasteiger partial charge in [-0.2, -0.15) is 0 Å². The van der Waals surface area contributed by atoms with Crippen molar-refractivity contribution in [2.24, 2.45) is 0 Å². The molecule has 0 atom stereocenters. The summed E-state index contributed by atoms with van der Waals surface area (Å²) in [5.74, 6) is 0. The summed E-state index contributed by atoms with van der Waals surface area (Å²) in [6, 6.07) is 6.22. The van der Waals surface area contributed by atoms with E-state index in [0.29, 0.717) is 0 Å². The Kier molecular flexibility index (Phi) is 3.07. The van der Waals surface area contributed by atoms with Gasteiger partial charge in [-0.1, -0.05) is 12.1 Å². The van der Waals surface area contributed by atoms with Crippen LogP contribution in [0.15, 0.2) is 18.2 Å². The fraction of sp³-hybridized carbons (Fsp3) is 0.125. The average Bonchev–Trinajstić information content (AvgIpc) is 2.31. The molecule has 1 aromatic carbocycles. The van der Waals surface area contributed by atoms with Crippen molar-refractivity contribution in [3.05, 3.63) is 27.7 Å². The van der Waals surface area contributed by atoms with Gasteiger partial charge in [0.1, 0.15) is 0 Å². The van der Waals surface area contributed by atoms with Gasteiger partial charge in [-0.15, -0.1) is 11.3 Å². The maximum atomic E-state index is 5.04. The maximum Gasteiger partial charge on any atom is 0.159 e. The van der Waals surface area contributed by atoms with Crippen LogP contribution in [0, 0.1) is 10.9 Å². The molecule has 1 aromatic heterocycles. The third-order valence-electron chi connectivity index (χ3n) is 1.66. The molecule has 0 saturated carbocycles. The first-order chi connectivity index (χ1) is 5.27. The summed E-state index contributed by atoms with van der Waals surface area (Å²) >= 11 is 6.66. The van der Waals surface area contributed by atoms with Gasteiger partial charge in [-0.25, -0.2) is 0 Å². The molecule has 67 valence electrons. The van der Waals surface area contributed by atoms with Gasteiger partial charge in [0.15, 0.2) is 3.95 Å². The molecule has 0 saturated heterocycles. The van der Waals surface area contributed by atoms with Crippen molar-refractivity contribution in [1.29, 1.82) is 0 Å². The number of H-pyrrole nitrogens is 1. The van der Waals surface area contributed by atoms with Gasteiger partial charge in [0.2, 0.25) is 0 Å². The molecule has 2 rings (SSSR count). The van der Waals surface area contributed by atoms with Crippen LogP contribution in [0.2, 0.25) is 0 Å². The van der Waals surface area contributed by atoms with Gasteiger partial charge in [0, 0.05) is 17.1 Å². The summed E-state index contributed by atoms with van der Waals surface area (Å²) in [4.78, 5) is 3.16. The maximum absolute atomic E-state index is 5.04. The van der Waals surface area contributed by atoms with Crippen molar-refractivity contribution in [2.45, 2.75) is 6.92 Å². The largest absolute Gasteiger partial charge is 0.337 e. The van der Waals surface area contributed by atoms with Crippen LogP contribution in [0.5, 0.6) is 0 Å². The summed E-state index contributed by atoms with van der Waals surface area (Å²) in [6.45, 7) is 2.08. The van der Waals surface area contributed by atoms with E-state index in [4.69, 9.17) is 12.2 Å². The summed E-state index contributed by atoms with van der Waals surface area (Å²) in [6.07, 6.45) is 0. The number of aromatic amines is 1. The number of aromatic nitrogens is 1. The van der Waals surface area contributed by atoms with Crippen molar-refractivity contribution >= 4 is 33.8 Å². The van der Waals surface area contributed by atoms with E-state index < -0.39 is 0 Å². The van der Waals surface area contributed by atoms with Crippen molar-refractivity contribution in [2.75, 3.05) is 0 Å². The van der Waals surface area contributed by atoms with E-state index in [-0.39, 0.29) is 17.1 Å². The molecule has 0 aliphatic carbocycles. The average molecular weight is 245 g/mol. The minimum atomic E-state index is 0. The van der Waals surface area contributed by atoms with Crippen molar-refractivity contribution < 1.29 is 17.1 Å². The zero-order chi connectivity index (χ0) is 7.84. The standard InChI is InChI=1S/C8H7NS2.Cu/c1-5-3-2-4-6-7(5)9-8(10)11-6;/h2-4H,1H3,(H,9,10);. The molecule has 1 radical (unpaired) electrons. The number of nitrogens with one attached hydrogen (secondary N) is 1. The molecule has 0 fully saturated rings. The SMILES string of the molecule is Cc1cccc2sc(=S)[nH]c12.[Cu]. The molecule has 0 bridgehead atoms. The predicted octanol–water partition coefficient (Wildman–Crippen LogP) is 3.26. The number of hydrogen-bond donors (Lipinski definition) is 1. The quantitative estimate of drug-likeness (QED) is 0.556. The fourth-order valence-electron chi connectivity index (χ4n) is 1.11. The molecule has 1 nitrogen and oxygen atoms in total. The molecular weight excluding hydrogens is 238 g/mol. The first-order valence-electron chi connectivity index (χ1n) is 3.36. The van der Waals surface area contributed by atoms with Crippen LogP contribution in [-0.4, -0.2) is 4.98 Å². The molecule has 4 heteroatoms. The van der Waals surface area contributed by atoms with E-state index in [9.17, 15) is 0 Å². The second-order valence-corrected chi connectivity index (χ2v) is 4.18. The zero-order valence-electron chi connectivity index (χ0n) is 6.35. The van der Waals surface area contributed by atoms with Crippen LogP contribution >= 0.6 is 23.6 Å². The van der Waals surface area contributed by atoms with Gasteiger partial charge < -0.3 is 4.98 Å². The number of thiazole rings is 1. The van der Waals surface area contributed by atoms with Crippen LogP contribution in [0.25, 0.3) is 10.2 Å². The first-order valence-corrected chi connectivity index (χ1v) is 4.58. The van der Waals surface area contributed by atoms with Gasteiger partial charge in [-0.05, 0) is 30.8 Å². The number of benzene rings is 1. The van der Waals surface area contributed by atoms with Crippen LogP contribution in [-0.2, 0) is 17.1 Å². The zero-order valence-corrected chi connectivity index (χ0v) is 8.92. The topological polar surface area (TPSA) is 15.8 Å². The number of para-hydroxylation sites is 1. The minimum Gasteiger partial charge on any atom is -0.337 e. The molecular formula is C8H7CuNS2. The minimum absolute atomic E-state index is 0. The summed E-state index contributed by atoms with van der Waals surface area (Å²) in [5.41, 5.74) is 2.44. The van der Waals surface area contributed by atoms with E-state index in [0.717, 1.165) is 3.95 Å². The normalized spacial score (nSPS) is 9.75. The van der Waals surface area contributed by atoms with Gasteiger partial charge in [-0.3, -0.25) is 0 Å². The van der Waals surface area contributed by atoms with Crippen LogP contribution < -0.4 is 0 Å². The summed E-state index contributed by atoms with van der Waals surface area (Å²) < 4.78 is 2.10. The Balaban J connectivity index is 0.000000720. The summed E-state index contributed by atoms with van der Waals surface area (Å²) in [7, 11) is 0. The van der Waals surface area contributed by atoms with Crippen molar-refractivity contribution in [3.8, 4) is 0 Å². The molecule has 12 heavy (non-hydrogen) atoms. The Morgan fingerprint density at radius 1 is 1.42 bits per heavy atom. The second kappa shape index (κ2) is 3.71.